The van der Waals surface area contributed by atoms with Crippen LogP contribution >= 0.6 is 0 Å². The largest absolute Gasteiger partial charge is 0.453 e. The molecule has 3 heteroatoms. The summed E-state index contributed by atoms with van der Waals surface area (Å²) < 4.78 is 4.40. The van der Waals surface area contributed by atoms with Crippen LogP contribution in [0.1, 0.15) is 7.43 Å². The van der Waals surface area contributed by atoms with E-state index in [2.05, 4.69) is 10.1 Å². The van der Waals surface area contributed by atoms with Crippen LogP contribution in [0.4, 0.5) is 10.5 Å². The van der Waals surface area contributed by atoms with Gasteiger partial charge in [0, 0.05) is 5.69 Å². The van der Waals surface area contributed by atoms with Crippen LogP contribution in [0.3, 0.4) is 0 Å². The molecule has 0 aromatic heterocycles. The molecule has 0 radical (unpaired) electrons. The van der Waals surface area contributed by atoms with Crippen LogP contribution in [0.2, 0.25) is 0 Å². The zero-order valence-corrected chi connectivity index (χ0v) is 6.20. The Morgan fingerprint density at radius 2 is 1.92 bits per heavy atom. The number of hydrogen-bond acceptors (Lipinski definition) is 2. The molecule has 1 amide bonds. The van der Waals surface area contributed by atoms with Gasteiger partial charge in [0.2, 0.25) is 0 Å². The molecule has 3 nitrogen and oxygen atoms in total. The molecule has 0 bridgehead atoms. The normalized spacial score (nSPS) is 8.08. The third-order valence-corrected chi connectivity index (χ3v) is 1.21. The van der Waals surface area contributed by atoms with E-state index >= 15 is 0 Å². The molecule has 12 heavy (non-hydrogen) atoms. The molecule has 0 saturated carbocycles. The SMILES string of the molecule is C.COC(=O)Nc1ccccc1. The second-order valence-corrected chi connectivity index (χ2v) is 1.98. The first-order chi connectivity index (χ1) is 5.33. The smallest absolute Gasteiger partial charge is 0.411 e. The van der Waals surface area contributed by atoms with E-state index in [0.29, 0.717) is 0 Å². The molecule has 0 aliphatic rings. The minimum Gasteiger partial charge on any atom is -0.453 e. The quantitative estimate of drug-likeness (QED) is 0.697. The van der Waals surface area contributed by atoms with Gasteiger partial charge >= 0.3 is 6.09 Å². The van der Waals surface area contributed by atoms with Crippen molar-refractivity contribution in [3.05, 3.63) is 30.3 Å². The molecule has 0 aliphatic heterocycles. The summed E-state index contributed by atoms with van der Waals surface area (Å²) in [6.07, 6.45) is -0.448. The number of carbonyl (C=O) groups excluding carboxylic acids is 1. The van der Waals surface area contributed by atoms with E-state index < -0.39 is 6.09 Å². The van der Waals surface area contributed by atoms with E-state index in [1.54, 1.807) is 12.1 Å². The van der Waals surface area contributed by atoms with E-state index in [-0.39, 0.29) is 7.43 Å². The second kappa shape index (κ2) is 5.18. The van der Waals surface area contributed by atoms with Gasteiger partial charge in [-0.1, -0.05) is 25.6 Å². The van der Waals surface area contributed by atoms with Gasteiger partial charge in [0.25, 0.3) is 0 Å². The third kappa shape index (κ3) is 3.05. The predicted molar refractivity (Wildman–Crippen MR) is 49.2 cm³/mol. The van der Waals surface area contributed by atoms with Crippen molar-refractivity contribution in [2.45, 2.75) is 7.43 Å². The van der Waals surface area contributed by atoms with Gasteiger partial charge in [-0.15, -0.1) is 0 Å². The number of carbonyl (C=O) groups is 1. The molecule has 1 aromatic rings. The highest BCUT2D eigenvalue weighted by Crippen LogP contribution is 2.04. The number of methoxy groups -OCH3 is 1. The number of ether oxygens (including phenoxy) is 1. The van der Waals surface area contributed by atoms with Crippen molar-refractivity contribution in [3.8, 4) is 0 Å². The molecule has 0 heterocycles. The molecular formula is C9H13NO2. The van der Waals surface area contributed by atoms with E-state index in [9.17, 15) is 4.79 Å². The number of benzene rings is 1. The van der Waals surface area contributed by atoms with E-state index in [0.717, 1.165) is 5.69 Å². The molecule has 0 spiro atoms. The van der Waals surface area contributed by atoms with Crippen molar-refractivity contribution in [1.29, 1.82) is 0 Å². The summed E-state index contributed by atoms with van der Waals surface area (Å²) in [4.78, 5) is 10.6. The zero-order valence-electron chi connectivity index (χ0n) is 6.20. The molecule has 0 atom stereocenters. The fourth-order valence-corrected chi connectivity index (χ4v) is 0.690. The van der Waals surface area contributed by atoms with Gasteiger partial charge in [0.1, 0.15) is 0 Å². The molecular weight excluding hydrogens is 154 g/mol. The second-order valence-electron chi connectivity index (χ2n) is 1.98. The highest BCUT2D eigenvalue weighted by atomic mass is 16.5. The summed E-state index contributed by atoms with van der Waals surface area (Å²) in [5, 5.41) is 2.53. The molecule has 66 valence electrons. The predicted octanol–water partition coefficient (Wildman–Crippen LogP) is 2.50. The van der Waals surface area contributed by atoms with Crippen molar-refractivity contribution >= 4 is 11.8 Å². The minimum absolute atomic E-state index is 0. The number of anilines is 1. The van der Waals surface area contributed by atoms with E-state index in [1.807, 2.05) is 18.2 Å². The first-order valence-corrected chi connectivity index (χ1v) is 3.23. The van der Waals surface area contributed by atoms with E-state index in [4.69, 9.17) is 0 Å². The summed E-state index contributed by atoms with van der Waals surface area (Å²) in [5.41, 5.74) is 0.736. The number of hydrogen-bond donors (Lipinski definition) is 1. The Morgan fingerprint density at radius 1 is 1.33 bits per heavy atom. The lowest BCUT2D eigenvalue weighted by Crippen LogP contribution is -2.10. The lowest BCUT2D eigenvalue weighted by Gasteiger charge is -2.01. The van der Waals surface area contributed by atoms with Crippen molar-refractivity contribution in [2.24, 2.45) is 0 Å². The Hall–Kier alpha value is -1.51. The Bertz CT molecular complexity index is 234. The molecule has 1 aromatic carbocycles. The van der Waals surface area contributed by atoms with Crippen LogP contribution in [0.5, 0.6) is 0 Å². The summed E-state index contributed by atoms with van der Waals surface area (Å²) >= 11 is 0. The van der Waals surface area contributed by atoms with Crippen LogP contribution in [0, 0.1) is 0 Å². The van der Waals surface area contributed by atoms with Gasteiger partial charge in [0.15, 0.2) is 0 Å². The fraction of sp³-hybridized carbons (Fsp3) is 0.222. The minimum atomic E-state index is -0.448. The number of nitrogens with one attached hydrogen (secondary N) is 1. The molecule has 1 rings (SSSR count). The zero-order chi connectivity index (χ0) is 8.10. The average molecular weight is 167 g/mol. The lowest BCUT2D eigenvalue weighted by molar-refractivity contribution is 0.187. The summed E-state index contributed by atoms with van der Waals surface area (Å²) in [7, 11) is 1.33. The van der Waals surface area contributed by atoms with Crippen molar-refractivity contribution in [2.75, 3.05) is 12.4 Å². The van der Waals surface area contributed by atoms with Crippen LogP contribution < -0.4 is 5.32 Å². The van der Waals surface area contributed by atoms with Gasteiger partial charge in [0.05, 0.1) is 7.11 Å². The standard InChI is InChI=1S/C8H9NO2.CH4/c1-11-8(10)9-7-5-3-2-4-6-7;/h2-6H,1H3,(H,9,10);1H4. The first kappa shape index (κ1) is 10.5. The fourth-order valence-electron chi connectivity index (χ4n) is 0.690. The van der Waals surface area contributed by atoms with Crippen LogP contribution in [0.15, 0.2) is 30.3 Å². The Balaban J connectivity index is 0.00000121. The monoisotopic (exact) mass is 167 g/mol. The topological polar surface area (TPSA) is 38.3 Å². The first-order valence-electron chi connectivity index (χ1n) is 3.23. The average Bonchev–Trinajstić information content (AvgIpc) is 2.06. The maximum absolute atomic E-state index is 10.6. The number of para-hydroxylation sites is 1. The maximum Gasteiger partial charge on any atom is 0.411 e. The molecule has 0 saturated heterocycles. The maximum atomic E-state index is 10.6. The van der Waals surface area contributed by atoms with Gasteiger partial charge in [-0.2, -0.15) is 0 Å². The molecule has 0 aliphatic carbocycles. The van der Waals surface area contributed by atoms with Crippen LogP contribution in [-0.2, 0) is 4.74 Å². The molecule has 0 fully saturated rings. The third-order valence-electron chi connectivity index (χ3n) is 1.21. The molecule has 1 N–H and O–H groups in total. The van der Waals surface area contributed by atoms with Crippen molar-refractivity contribution in [3.63, 3.8) is 0 Å². The highest BCUT2D eigenvalue weighted by molar-refractivity contribution is 5.84. The number of rotatable bonds is 1. The Labute approximate surface area is 72.4 Å². The van der Waals surface area contributed by atoms with Gasteiger partial charge < -0.3 is 4.74 Å². The lowest BCUT2D eigenvalue weighted by atomic mass is 10.3. The Kier molecular flexibility index (Phi) is 4.53. The van der Waals surface area contributed by atoms with Gasteiger partial charge in [-0.3, -0.25) is 5.32 Å². The van der Waals surface area contributed by atoms with Crippen LogP contribution in [0.25, 0.3) is 0 Å². The summed E-state index contributed by atoms with van der Waals surface area (Å²) in [6, 6.07) is 9.13. The highest BCUT2D eigenvalue weighted by Gasteiger charge is 1.96. The Morgan fingerprint density at radius 3 is 2.42 bits per heavy atom. The number of amides is 1. The van der Waals surface area contributed by atoms with Gasteiger partial charge in [-0.05, 0) is 12.1 Å². The van der Waals surface area contributed by atoms with Crippen molar-refractivity contribution in [1.82, 2.24) is 0 Å². The van der Waals surface area contributed by atoms with E-state index in [1.165, 1.54) is 7.11 Å². The van der Waals surface area contributed by atoms with Crippen molar-refractivity contribution < 1.29 is 9.53 Å². The molecule has 0 unspecified atom stereocenters. The summed E-state index contributed by atoms with van der Waals surface area (Å²) in [5.74, 6) is 0. The van der Waals surface area contributed by atoms with Crippen LogP contribution in [-0.4, -0.2) is 13.2 Å². The summed E-state index contributed by atoms with van der Waals surface area (Å²) in [6.45, 7) is 0. The van der Waals surface area contributed by atoms with Gasteiger partial charge in [-0.25, -0.2) is 4.79 Å².